The molecule has 0 aliphatic carbocycles. The van der Waals surface area contributed by atoms with Crippen LogP contribution in [0, 0.1) is 0 Å². The summed E-state index contributed by atoms with van der Waals surface area (Å²) in [6.45, 7) is 6.95. The highest BCUT2D eigenvalue weighted by Crippen LogP contribution is 2.25. The molecule has 6 heteroatoms. The van der Waals surface area contributed by atoms with Gasteiger partial charge in [0.05, 0.1) is 12.6 Å². The van der Waals surface area contributed by atoms with Crippen molar-refractivity contribution in [3.63, 3.8) is 0 Å². The van der Waals surface area contributed by atoms with E-state index in [2.05, 4.69) is 27.3 Å². The van der Waals surface area contributed by atoms with Crippen LogP contribution in [0.25, 0.3) is 0 Å². The molecule has 6 nitrogen and oxygen atoms in total. The molecule has 2 aliphatic rings. The molecule has 3 rings (SSSR count). The Bertz CT molecular complexity index is 401. The molecule has 0 spiro atoms. The molecule has 1 aromatic heterocycles. The maximum Gasteiger partial charge on any atom is 0.243 e. The number of nitrogens with one attached hydrogen (secondary N) is 1. The molecule has 0 amide bonds. The van der Waals surface area contributed by atoms with Crippen LogP contribution in [-0.4, -0.2) is 47.8 Å². The molecular formula is C13H22N4O2. The zero-order valence-electron chi connectivity index (χ0n) is 11.5. The molecule has 0 bridgehead atoms. The first-order valence-electron chi connectivity index (χ1n) is 7.27. The lowest BCUT2D eigenvalue weighted by Crippen LogP contribution is -2.39. The lowest BCUT2D eigenvalue weighted by molar-refractivity contribution is -0.0350. The molecule has 2 atom stereocenters. The van der Waals surface area contributed by atoms with E-state index in [1.54, 1.807) is 0 Å². The second-order valence-corrected chi connectivity index (χ2v) is 5.30. The predicted molar refractivity (Wildman–Crippen MR) is 69.7 cm³/mol. The Balaban J connectivity index is 1.64. The average molecular weight is 266 g/mol. The quantitative estimate of drug-likeness (QED) is 0.885. The van der Waals surface area contributed by atoms with Gasteiger partial charge in [0.1, 0.15) is 6.10 Å². The maximum absolute atomic E-state index is 5.77. The number of ether oxygens (including phenoxy) is 1. The fourth-order valence-electron chi connectivity index (χ4n) is 2.79. The third-order valence-corrected chi connectivity index (χ3v) is 3.79. The van der Waals surface area contributed by atoms with Crippen molar-refractivity contribution in [3.05, 3.63) is 11.7 Å². The molecule has 106 valence electrons. The second kappa shape index (κ2) is 5.98. The molecule has 2 saturated heterocycles. The van der Waals surface area contributed by atoms with Crippen molar-refractivity contribution in [2.45, 2.75) is 38.3 Å². The lowest BCUT2D eigenvalue weighted by atomic mass is 10.2. The van der Waals surface area contributed by atoms with Crippen molar-refractivity contribution < 1.29 is 9.26 Å². The van der Waals surface area contributed by atoms with Gasteiger partial charge in [0.25, 0.3) is 0 Å². The maximum atomic E-state index is 5.77. The molecule has 0 saturated carbocycles. The van der Waals surface area contributed by atoms with Crippen LogP contribution >= 0.6 is 0 Å². The van der Waals surface area contributed by atoms with Crippen molar-refractivity contribution in [1.29, 1.82) is 0 Å². The van der Waals surface area contributed by atoms with Gasteiger partial charge in [0.2, 0.25) is 11.7 Å². The summed E-state index contributed by atoms with van der Waals surface area (Å²) in [6, 6.07) is 0.233. The third-order valence-electron chi connectivity index (χ3n) is 3.79. The van der Waals surface area contributed by atoms with E-state index >= 15 is 0 Å². The van der Waals surface area contributed by atoms with E-state index in [9.17, 15) is 0 Å². The van der Waals surface area contributed by atoms with Gasteiger partial charge in [-0.05, 0) is 32.4 Å². The van der Waals surface area contributed by atoms with Crippen molar-refractivity contribution in [2.75, 3.05) is 32.8 Å². The minimum absolute atomic E-state index is 0.0424. The highest BCUT2D eigenvalue weighted by atomic mass is 16.5. The largest absolute Gasteiger partial charge is 0.367 e. The number of hydrogen-bond acceptors (Lipinski definition) is 6. The summed E-state index contributed by atoms with van der Waals surface area (Å²) in [4.78, 5) is 6.92. The van der Waals surface area contributed by atoms with Crippen LogP contribution in [0.5, 0.6) is 0 Å². The SMILES string of the molecule is CCCN1CCOC(c2noc([C@@H]3CCCN3)n2)C1. The summed E-state index contributed by atoms with van der Waals surface area (Å²) >= 11 is 0. The number of hydrogen-bond donors (Lipinski definition) is 1. The Morgan fingerprint density at radius 2 is 2.42 bits per heavy atom. The molecule has 3 heterocycles. The molecule has 19 heavy (non-hydrogen) atoms. The van der Waals surface area contributed by atoms with Crippen molar-refractivity contribution >= 4 is 0 Å². The molecule has 0 aromatic carbocycles. The molecule has 2 aliphatic heterocycles. The fourth-order valence-corrected chi connectivity index (χ4v) is 2.79. The highest BCUT2D eigenvalue weighted by molar-refractivity contribution is 4.99. The summed E-state index contributed by atoms with van der Waals surface area (Å²) in [5.74, 6) is 1.41. The number of rotatable bonds is 4. The van der Waals surface area contributed by atoms with Gasteiger partial charge in [0, 0.05) is 13.1 Å². The van der Waals surface area contributed by atoms with Gasteiger partial charge in [-0.15, -0.1) is 0 Å². The van der Waals surface area contributed by atoms with Crippen LogP contribution in [0.15, 0.2) is 4.52 Å². The van der Waals surface area contributed by atoms with Crippen LogP contribution in [-0.2, 0) is 4.74 Å². The van der Waals surface area contributed by atoms with Gasteiger partial charge in [-0.25, -0.2) is 0 Å². The van der Waals surface area contributed by atoms with E-state index < -0.39 is 0 Å². The zero-order valence-corrected chi connectivity index (χ0v) is 11.5. The monoisotopic (exact) mass is 266 g/mol. The van der Waals surface area contributed by atoms with Crippen LogP contribution in [0.4, 0.5) is 0 Å². The van der Waals surface area contributed by atoms with Crippen molar-refractivity contribution in [2.24, 2.45) is 0 Å². The molecule has 1 N–H and O–H groups in total. The summed E-state index contributed by atoms with van der Waals surface area (Å²) in [5, 5.41) is 7.47. The van der Waals surface area contributed by atoms with Gasteiger partial charge in [-0.2, -0.15) is 4.98 Å². The number of aromatic nitrogens is 2. The highest BCUT2D eigenvalue weighted by Gasteiger charge is 2.28. The van der Waals surface area contributed by atoms with E-state index in [1.807, 2.05) is 0 Å². The van der Waals surface area contributed by atoms with Gasteiger partial charge < -0.3 is 14.6 Å². The lowest BCUT2D eigenvalue weighted by Gasteiger charge is -2.30. The van der Waals surface area contributed by atoms with Crippen LogP contribution < -0.4 is 5.32 Å². The first kappa shape index (κ1) is 13.0. The minimum atomic E-state index is -0.0424. The summed E-state index contributed by atoms with van der Waals surface area (Å²) in [7, 11) is 0. The Morgan fingerprint density at radius 3 is 3.21 bits per heavy atom. The molecule has 1 unspecified atom stereocenters. The van der Waals surface area contributed by atoms with E-state index in [0.29, 0.717) is 11.7 Å². The smallest absolute Gasteiger partial charge is 0.243 e. The molecule has 0 radical (unpaired) electrons. The van der Waals surface area contributed by atoms with Crippen LogP contribution in [0.2, 0.25) is 0 Å². The molecule has 1 aromatic rings. The predicted octanol–water partition coefficient (Wildman–Crippen LogP) is 1.28. The molecular weight excluding hydrogens is 244 g/mol. The molecule has 2 fully saturated rings. The van der Waals surface area contributed by atoms with Crippen LogP contribution in [0.3, 0.4) is 0 Å². The minimum Gasteiger partial charge on any atom is -0.367 e. The van der Waals surface area contributed by atoms with E-state index in [-0.39, 0.29) is 12.1 Å². The first-order chi connectivity index (χ1) is 9.36. The topological polar surface area (TPSA) is 63.4 Å². The normalized spacial score (nSPS) is 28.9. The Morgan fingerprint density at radius 1 is 1.47 bits per heavy atom. The number of morpholine rings is 1. The van der Waals surface area contributed by atoms with Gasteiger partial charge >= 0.3 is 0 Å². The van der Waals surface area contributed by atoms with Gasteiger partial charge in [0.15, 0.2) is 0 Å². The van der Waals surface area contributed by atoms with Crippen molar-refractivity contribution in [1.82, 2.24) is 20.4 Å². The van der Waals surface area contributed by atoms with E-state index in [4.69, 9.17) is 9.26 Å². The Hall–Kier alpha value is -0.980. The van der Waals surface area contributed by atoms with E-state index in [1.165, 1.54) is 6.42 Å². The third kappa shape index (κ3) is 2.96. The Labute approximate surface area is 113 Å². The fraction of sp³-hybridized carbons (Fsp3) is 0.846. The zero-order chi connectivity index (χ0) is 13.1. The summed E-state index contributed by atoms with van der Waals surface area (Å²) in [5.41, 5.74) is 0. The standard InChI is InChI=1S/C13H22N4O2/c1-2-6-17-7-8-18-11(9-17)12-15-13(19-16-12)10-4-3-5-14-10/h10-11,14H,2-9H2,1H3/t10-,11?/m0/s1. The number of nitrogens with zero attached hydrogens (tertiary/aromatic N) is 3. The van der Waals surface area contributed by atoms with Crippen LogP contribution in [0.1, 0.15) is 50.0 Å². The first-order valence-corrected chi connectivity index (χ1v) is 7.27. The average Bonchev–Trinajstić information content (AvgIpc) is 3.11. The summed E-state index contributed by atoms with van der Waals surface area (Å²) < 4.78 is 11.1. The van der Waals surface area contributed by atoms with E-state index in [0.717, 1.165) is 45.6 Å². The van der Waals surface area contributed by atoms with Gasteiger partial charge in [-0.3, -0.25) is 4.90 Å². The van der Waals surface area contributed by atoms with Crippen molar-refractivity contribution in [3.8, 4) is 0 Å². The Kier molecular flexibility index (Phi) is 4.10. The van der Waals surface area contributed by atoms with Gasteiger partial charge in [-0.1, -0.05) is 12.1 Å². The second-order valence-electron chi connectivity index (χ2n) is 5.30. The summed E-state index contributed by atoms with van der Waals surface area (Å²) in [6.07, 6.45) is 3.37.